The summed E-state index contributed by atoms with van der Waals surface area (Å²) in [4.78, 5) is 52.0. The van der Waals surface area contributed by atoms with Crippen molar-refractivity contribution in [1.29, 1.82) is 0 Å². The smallest absolute Gasteiger partial charge is 0.363 e. The number of hydrogen-bond donors (Lipinski definition) is 0. The number of carbonyl (C=O) groups is 3. The highest BCUT2D eigenvalue weighted by atomic mass is 16.7. The zero-order valence-corrected chi connectivity index (χ0v) is 22.2. The molecule has 1 aliphatic carbocycles. The summed E-state index contributed by atoms with van der Waals surface area (Å²) in [5.41, 5.74) is 3.80. The summed E-state index contributed by atoms with van der Waals surface area (Å²) < 4.78 is 6.80. The minimum absolute atomic E-state index is 0.0417. The minimum Gasteiger partial charge on any atom is -0.487 e. The molecule has 0 unspecified atom stereocenters. The maximum absolute atomic E-state index is 12.9. The van der Waals surface area contributed by atoms with Crippen molar-refractivity contribution < 1.29 is 24.0 Å². The first-order valence-electron chi connectivity index (χ1n) is 13.6. The summed E-state index contributed by atoms with van der Waals surface area (Å²) in [6.07, 6.45) is 3.41. The van der Waals surface area contributed by atoms with Crippen LogP contribution in [0.3, 0.4) is 0 Å². The number of ether oxygens (including phenoxy) is 1. The maximum atomic E-state index is 12.9. The Bertz CT molecular complexity index is 1710. The molecule has 8 nitrogen and oxygen atoms in total. The zero-order valence-electron chi connectivity index (χ0n) is 22.2. The fourth-order valence-corrected chi connectivity index (χ4v) is 6.82. The Balaban J connectivity index is 1.42. The van der Waals surface area contributed by atoms with Crippen molar-refractivity contribution in [2.75, 3.05) is 0 Å². The zero-order chi connectivity index (χ0) is 27.1. The van der Waals surface area contributed by atoms with Crippen LogP contribution in [0.25, 0.3) is 32.8 Å². The first-order valence-corrected chi connectivity index (χ1v) is 13.6. The average molecular weight is 524 g/mol. The molecule has 2 aliphatic heterocycles. The van der Waals surface area contributed by atoms with Crippen molar-refractivity contribution in [3.8, 4) is 5.75 Å². The second-order valence-corrected chi connectivity index (χ2v) is 11.7. The van der Waals surface area contributed by atoms with Crippen LogP contribution in [-0.4, -0.2) is 38.4 Å². The van der Waals surface area contributed by atoms with Crippen LogP contribution in [0.15, 0.2) is 42.5 Å². The lowest BCUT2D eigenvalue weighted by Crippen LogP contribution is -2.46. The molecule has 3 aliphatic rings. The Morgan fingerprint density at radius 2 is 1.69 bits per heavy atom. The number of hydrogen-bond acceptors (Lipinski definition) is 7. The molecule has 8 heteroatoms. The van der Waals surface area contributed by atoms with Gasteiger partial charge in [-0.1, -0.05) is 37.6 Å². The van der Waals surface area contributed by atoms with Gasteiger partial charge in [-0.25, -0.2) is 14.8 Å². The van der Waals surface area contributed by atoms with Gasteiger partial charge >= 0.3 is 5.97 Å². The molecule has 3 aromatic carbocycles. The third kappa shape index (κ3) is 3.68. The summed E-state index contributed by atoms with van der Waals surface area (Å²) in [6.45, 7) is 6.71. The standard InChI is InChI=1S/C31H29N3O5/c1-16-8-10-21-20(14-16)26-28-27(18-6-4-5-7-19(18)29(26)38-31(21,2)3)32-22-11-9-17(15-23(22)33-28)30(37)39-34-24(35)12-13-25(34)36/h4-7,9,11,15-16,20-21H,8,10,12-14H2,1-3H3/t16-,20-,21-/m0/s1. The van der Waals surface area contributed by atoms with Crippen molar-refractivity contribution in [2.24, 2.45) is 11.8 Å². The van der Waals surface area contributed by atoms with Crippen molar-refractivity contribution in [3.63, 3.8) is 0 Å². The third-order valence-electron chi connectivity index (χ3n) is 8.75. The van der Waals surface area contributed by atoms with Gasteiger partial charge in [0.05, 0.1) is 27.6 Å². The van der Waals surface area contributed by atoms with Crippen LogP contribution in [-0.2, 0) is 14.4 Å². The van der Waals surface area contributed by atoms with Gasteiger partial charge in [0.25, 0.3) is 11.8 Å². The summed E-state index contributed by atoms with van der Waals surface area (Å²) in [7, 11) is 0. The second-order valence-electron chi connectivity index (χ2n) is 11.7. The Labute approximate surface area is 225 Å². The highest BCUT2D eigenvalue weighted by molar-refractivity contribution is 6.11. The fraction of sp³-hybridized carbons (Fsp3) is 0.387. The highest BCUT2D eigenvalue weighted by Gasteiger charge is 2.47. The molecule has 4 aromatic rings. The lowest BCUT2D eigenvalue weighted by atomic mass is 9.64. The molecule has 3 heterocycles. The van der Waals surface area contributed by atoms with Gasteiger partial charge in [-0.3, -0.25) is 9.59 Å². The molecule has 2 fully saturated rings. The molecule has 7 rings (SSSR count). The van der Waals surface area contributed by atoms with Crippen molar-refractivity contribution >= 4 is 50.6 Å². The van der Waals surface area contributed by atoms with Gasteiger partial charge in [-0.2, -0.15) is 0 Å². The van der Waals surface area contributed by atoms with Crippen LogP contribution < -0.4 is 4.74 Å². The molecule has 0 spiro atoms. The van der Waals surface area contributed by atoms with E-state index in [1.807, 2.05) is 12.1 Å². The minimum atomic E-state index is -0.783. The number of carbonyl (C=O) groups excluding carboxylic acids is 3. The molecule has 39 heavy (non-hydrogen) atoms. The van der Waals surface area contributed by atoms with Crippen LogP contribution in [0.1, 0.15) is 74.7 Å². The first kappa shape index (κ1) is 24.0. The number of amides is 2. The summed E-state index contributed by atoms with van der Waals surface area (Å²) >= 11 is 0. The van der Waals surface area contributed by atoms with Crippen LogP contribution in [0, 0.1) is 11.8 Å². The van der Waals surface area contributed by atoms with E-state index in [-0.39, 0.29) is 29.9 Å². The van der Waals surface area contributed by atoms with E-state index >= 15 is 0 Å². The van der Waals surface area contributed by atoms with Crippen LogP contribution >= 0.6 is 0 Å². The van der Waals surface area contributed by atoms with Gasteiger partial charge in [0, 0.05) is 35.1 Å². The number of hydroxylamine groups is 2. The van der Waals surface area contributed by atoms with Crippen LogP contribution in [0.4, 0.5) is 0 Å². The van der Waals surface area contributed by atoms with Crippen molar-refractivity contribution in [2.45, 2.75) is 64.4 Å². The van der Waals surface area contributed by atoms with Gasteiger partial charge in [-0.15, -0.1) is 5.06 Å². The molecule has 1 saturated carbocycles. The molecule has 2 amide bonds. The largest absolute Gasteiger partial charge is 0.487 e. The monoisotopic (exact) mass is 523 g/mol. The van der Waals surface area contributed by atoms with Gasteiger partial charge in [0.1, 0.15) is 11.4 Å². The molecular weight excluding hydrogens is 494 g/mol. The van der Waals surface area contributed by atoms with E-state index in [4.69, 9.17) is 19.5 Å². The predicted molar refractivity (Wildman–Crippen MR) is 145 cm³/mol. The number of benzene rings is 3. The Morgan fingerprint density at radius 1 is 0.974 bits per heavy atom. The quantitative estimate of drug-likeness (QED) is 0.185. The lowest BCUT2D eigenvalue weighted by Gasteiger charge is -2.49. The van der Waals surface area contributed by atoms with Crippen LogP contribution in [0.2, 0.25) is 0 Å². The maximum Gasteiger partial charge on any atom is 0.363 e. The normalized spacial score (nSPS) is 24.1. The van der Waals surface area contributed by atoms with Gasteiger partial charge in [-0.05, 0) is 56.7 Å². The number of fused-ring (bicyclic) bond motifs is 9. The Morgan fingerprint density at radius 3 is 2.46 bits per heavy atom. The van der Waals surface area contributed by atoms with E-state index in [1.54, 1.807) is 18.2 Å². The molecular formula is C31H29N3O5. The lowest BCUT2D eigenvalue weighted by molar-refractivity contribution is -0.172. The molecule has 0 radical (unpaired) electrons. The van der Waals surface area contributed by atoms with E-state index in [0.717, 1.165) is 46.0 Å². The summed E-state index contributed by atoms with van der Waals surface area (Å²) in [5, 5.41) is 2.58. The van der Waals surface area contributed by atoms with E-state index < -0.39 is 17.8 Å². The second kappa shape index (κ2) is 8.46. The molecule has 1 aromatic heterocycles. The SMILES string of the molecule is C[C@H]1CC[C@H]2[C@H](C1)c1c(c3ccccc3c3nc4ccc(C(=O)ON5C(=O)CCC5=O)cc4nc13)OC2(C)C. The van der Waals surface area contributed by atoms with Gasteiger partial charge < -0.3 is 9.57 Å². The Kier molecular flexibility index (Phi) is 5.21. The highest BCUT2D eigenvalue weighted by Crippen LogP contribution is 2.56. The summed E-state index contributed by atoms with van der Waals surface area (Å²) in [5.74, 6) is 0.310. The van der Waals surface area contributed by atoms with Gasteiger partial charge in [0.15, 0.2) is 0 Å². The van der Waals surface area contributed by atoms with E-state index in [9.17, 15) is 14.4 Å². The topological polar surface area (TPSA) is 98.7 Å². The molecule has 0 N–H and O–H groups in total. The number of rotatable bonds is 2. The van der Waals surface area contributed by atoms with Gasteiger partial charge in [0.2, 0.25) is 0 Å². The molecule has 0 bridgehead atoms. The molecule has 3 atom stereocenters. The molecule has 1 saturated heterocycles. The average Bonchev–Trinajstić information content (AvgIpc) is 3.23. The molecule has 198 valence electrons. The number of imide groups is 1. The Hall–Kier alpha value is -4.07. The first-order chi connectivity index (χ1) is 18.7. The van der Waals surface area contributed by atoms with E-state index in [1.165, 1.54) is 6.42 Å². The van der Waals surface area contributed by atoms with E-state index in [0.29, 0.717) is 27.9 Å². The van der Waals surface area contributed by atoms with Crippen molar-refractivity contribution in [3.05, 3.63) is 53.6 Å². The third-order valence-corrected chi connectivity index (χ3v) is 8.75. The van der Waals surface area contributed by atoms with E-state index in [2.05, 4.69) is 32.9 Å². The van der Waals surface area contributed by atoms with Crippen LogP contribution in [0.5, 0.6) is 5.75 Å². The number of aromatic nitrogens is 2. The predicted octanol–water partition coefficient (Wildman–Crippen LogP) is 5.85. The fourth-order valence-electron chi connectivity index (χ4n) is 6.82. The number of nitrogens with zero attached hydrogens (tertiary/aromatic N) is 3. The summed E-state index contributed by atoms with van der Waals surface area (Å²) in [6, 6.07) is 13.1. The van der Waals surface area contributed by atoms with Crippen molar-refractivity contribution in [1.82, 2.24) is 15.0 Å².